The van der Waals surface area contributed by atoms with E-state index in [4.69, 9.17) is 4.74 Å². The summed E-state index contributed by atoms with van der Waals surface area (Å²) >= 11 is 0. The minimum absolute atomic E-state index is 0.0547. The Morgan fingerprint density at radius 2 is 2.10 bits per heavy atom. The topological polar surface area (TPSA) is 59.4 Å². The van der Waals surface area contributed by atoms with Crippen LogP contribution in [-0.2, 0) is 11.8 Å². The number of nitrogens with one attached hydrogen (secondary N) is 1. The van der Waals surface area contributed by atoms with Gasteiger partial charge >= 0.3 is 6.09 Å². The second kappa shape index (κ2) is 5.44. The van der Waals surface area contributed by atoms with E-state index in [0.29, 0.717) is 0 Å². The Morgan fingerprint density at radius 1 is 1.40 bits per heavy atom. The van der Waals surface area contributed by atoms with E-state index >= 15 is 0 Å². The van der Waals surface area contributed by atoms with Gasteiger partial charge in [-0.2, -0.15) is 5.10 Å². The van der Waals surface area contributed by atoms with Gasteiger partial charge in [0, 0.05) is 32.3 Å². The van der Waals surface area contributed by atoms with Crippen molar-refractivity contribution >= 4 is 6.09 Å². The van der Waals surface area contributed by atoms with E-state index in [0.717, 1.165) is 18.7 Å². The van der Waals surface area contributed by atoms with Crippen LogP contribution in [0.4, 0.5) is 4.79 Å². The number of ether oxygens (including phenoxy) is 1. The summed E-state index contributed by atoms with van der Waals surface area (Å²) in [4.78, 5) is 14.1. The van der Waals surface area contributed by atoms with Crippen molar-refractivity contribution < 1.29 is 9.53 Å². The van der Waals surface area contributed by atoms with Crippen LogP contribution in [0.3, 0.4) is 0 Å². The fourth-order valence-electron chi connectivity index (χ4n) is 2.58. The summed E-state index contributed by atoms with van der Waals surface area (Å²) in [6.45, 7) is 7.33. The number of hydrogen-bond donors (Lipinski definition) is 1. The number of aromatic nitrogens is 2. The fraction of sp³-hybridized carbons (Fsp3) is 0.714. The normalized spacial score (nSPS) is 23.9. The molecule has 20 heavy (non-hydrogen) atoms. The Morgan fingerprint density at radius 3 is 2.65 bits per heavy atom. The molecule has 1 saturated heterocycles. The third-order valence-electron chi connectivity index (χ3n) is 3.36. The van der Waals surface area contributed by atoms with Gasteiger partial charge in [0.1, 0.15) is 5.60 Å². The number of carbonyl (C=O) groups excluding carboxylic acids is 1. The maximum atomic E-state index is 11.9. The van der Waals surface area contributed by atoms with Crippen molar-refractivity contribution in [1.29, 1.82) is 0 Å². The molecule has 0 spiro atoms. The predicted octanol–water partition coefficient (Wildman–Crippen LogP) is 1.34. The molecule has 1 fully saturated rings. The summed E-state index contributed by atoms with van der Waals surface area (Å²) in [7, 11) is 3.96. The van der Waals surface area contributed by atoms with E-state index < -0.39 is 5.60 Å². The maximum Gasteiger partial charge on any atom is 0.407 e. The molecule has 1 aliphatic heterocycles. The smallest absolute Gasteiger partial charge is 0.407 e. The molecule has 0 unspecified atom stereocenters. The van der Waals surface area contributed by atoms with Crippen LogP contribution in [0.5, 0.6) is 0 Å². The molecule has 0 bridgehead atoms. The zero-order valence-corrected chi connectivity index (χ0v) is 12.9. The first-order valence-corrected chi connectivity index (χ1v) is 6.91. The maximum absolute atomic E-state index is 11.9. The molecular formula is C14H24N4O2. The number of likely N-dealkylation sites (tertiary alicyclic amines) is 1. The van der Waals surface area contributed by atoms with Gasteiger partial charge in [0.2, 0.25) is 0 Å². The first-order valence-electron chi connectivity index (χ1n) is 6.91. The monoisotopic (exact) mass is 280 g/mol. The van der Waals surface area contributed by atoms with Gasteiger partial charge in [-0.05, 0) is 33.4 Å². The highest BCUT2D eigenvalue weighted by Gasteiger charge is 2.34. The zero-order chi connectivity index (χ0) is 14.9. The standard InChI is InChI=1S/C14H24N4O2/c1-14(2,3)20-13(19)16-12-9-17(4)8-11(12)10-6-15-18(5)7-10/h6-7,11-12H,8-9H2,1-5H3,(H,16,19)/t11-,12+/m1/s1. The van der Waals surface area contributed by atoms with Gasteiger partial charge in [-0.1, -0.05) is 0 Å². The predicted molar refractivity (Wildman–Crippen MR) is 76.6 cm³/mol. The zero-order valence-electron chi connectivity index (χ0n) is 12.9. The average molecular weight is 280 g/mol. The molecule has 0 saturated carbocycles. The number of rotatable bonds is 2. The first kappa shape index (κ1) is 14.8. The Hall–Kier alpha value is -1.56. The summed E-state index contributed by atoms with van der Waals surface area (Å²) in [5.41, 5.74) is 0.677. The molecule has 6 heteroatoms. The number of alkyl carbamates (subject to hydrolysis) is 1. The molecular weight excluding hydrogens is 256 g/mol. The first-order chi connectivity index (χ1) is 9.24. The average Bonchev–Trinajstić information content (AvgIpc) is 2.82. The molecule has 2 heterocycles. The van der Waals surface area contributed by atoms with Crippen LogP contribution in [0.15, 0.2) is 12.4 Å². The Balaban J connectivity index is 2.03. The largest absolute Gasteiger partial charge is 0.444 e. The summed E-state index contributed by atoms with van der Waals surface area (Å²) in [5.74, 6) is 0.251. The van der Waals surface area contributed by atoms with E-state index in [1.165, 1.54) is 0 Å². The number of carbonyl (C=O) groups is 1. The fourth-order valence-corrected chi connectivity index (χ4v) is 2.58. The van der Waals surface area contributed by atoms with E-state index in [2.05, 4.69) is 22.4 Å². The third kappa shape index (κ3) is 3.72. The van der Waals surface area contributed by atoms with Crippen molar-refractivity contribution in [1.82, 2.24) is 20.0 Å². The van der Waals surface area contributed by atoms with E-state index in [1.807, 2.05) is 40.2 Å². The molecule has 1 N–H and O–H groups in total. The lowest BCUT2D eigenvalue weighted by molar-refractivity contribution is 0.0503. The van der Waals surface area contributed by atoms with E-state index in [9.17, 15) is 4.79 Å². The summed E-state index contributed by atoms with van der Waals surface area (Å²) in [5, 5.41) is 7.20. The lowest BCUT2D eigenvalue weighted by Gasteiger charge is -2.23. The van der Waals surface area contributed by atoms with Gasteiger partial charge in [0.15, 0.2) is 0 Å². The molecule has 1 aromatic rings. The lowest BCUT2D eigenvalue weighted by Crippen LogP contribution is -2.42. The van der Waals surface area contributed by atoms with E-state index in [1.54, 1.807) is 4.68 Å². The number of amides is 1. The molecule has 0 radical (unpaired) electrons. The Kier molecular flexibility index (Phi) is 4.04. The second-order valence-corrected chi connectivity index (χ2v) is 6.53. The van der Waals surface area contributed by atoms with Gasteiger partial charge in [-0.3, -0.25) is 4.68 Å². The Labute approximate surface area is 120 Å². The van der Waals surface area contributed by atoms with Gasteiger partial charge in [-0.15, -0.1) is 0 Å². The molecule has 2 atom stereocenters. The quantitative estimate of drug-likeness (QED) is 0.888. The third-order valence-corrected chi connectivity index (χ3v) is 3.36. The lowest BCUT2D eigenvalue weighted by atomic mass is 9.97. The molecule has 0 aliphatic carbocycles. The molecule has 0 aromatic carbocycles. The van der Waals surface area contributed by atoms with Gasteiger partial charge in [0.05, 0.1) is 12.2 Å². The number of aryl methyl sites for hydroxylation is 1. The van der Waals surface area contributed by atoms with Crippen LogP contribution in [0.25, 0.3) is 0 Å². The highest BCUT2D eigenvalue weighted by atomic mass is 16.6. The second-order valence-electron chi connectivity index (χ2n) is 6.53. The summed E-state index contributed by atoms with van der Waals surface area (Å²) < 4.78 is 7.12. The van der Waals surface area contributed by atoms with Gasteiger partial charge < -0.3 is 15.0 Å². The van der Waals surface area contributed by atoms with Crippen molar-refractivity contribution in [2.45, 2.75) is 38.3 Å². The molecule has 1 aliphatic rings. The summed E-state index contributed by atoms with van der Waals surface area (Å²) in [6, 6.07) is 0.0547. The van der Waals surface area contributed by atoms with Crippen LogP contribution in [0.1, 0.15) is 32.3 Å². The van der Waals surface area contributed by atoms with Crippen LogP contribution in [0.2, 0.25) is 0 Å². The minimum Gasteiger partial charge on any atom is -0.444 e. The highest BCUT2D eigenvalue weighted by Crippen LogP contribution is 2.26. The van der Waals surface area contributed by atoms with Crippen LogP contribution in [0, 0.1) is 0 Å². The van der Waals surface area contributed by atoms with Gasteiger partial charge in [-0.25, -0.2) is 4.79 Å². The number of nitrogens with zero attached hydrogens (tertiary/aromatic N) is 3. The Bertz CT molecular complexity index is 478. The van der Waals surface area contributed by atoms with Crippen LogP contribution >= 0.6 is 0 Å². The highest BCUT2D eigenvalue weighted by molar-refractivity contribution is 5.68. The van der Waals surface area contributed by atoms with Crippen LogP contribution in [-0.4, -0.2) is 52.6 Å². The van der Waals surface area contributed by atoms with Crippen LogP contribution < -0.4 is 5.32 Å². The van der Waals surface area contributed by atoms with Crippen molar-refractivity contribution in [3.05, 3.63) is 18.0 Å². The summed E-state index contributed by atoms with van der Waals surface area (Å²) in [6.07, 6.45) is 3.52. The van der Waals surface area contributed by atoms with Crippen molar-refractivity contribution in [3.8, 4) is 0 Å². The molecule has 6 nitrogen and oxygen atoms in total. The SMILES string of the molecule is CN1C[C@H](NC(=O)OC(C)(C)C)[C@@H](c2cnn(C)c2)C1. The van der Waals surface area contributed by atoms with E-state index in [-0.39, 0.29) is 18.1 Å². The number of likely N-dealkylation sites (N-methyl/N-ethyl adjacent to an activating group) is 1. The number of hydrogen-bond acceptors (Lipinski definition) is 4. The van der Waals surface area contributed by atoms with Crippen molar-refractivity contribution in [3.63, 3.8) is 0 Å². The molecule has 1 aromatic heterocycles. The molecule has 1 amide bonds. The van der Waals surface area contributed by atoms with Gasteiger partial charge in [0.25, 0.3) is 0 Å². The molecule has 2 rings (SSSR count). The molecule has 112 valence electrons. The minimum atomic E-state index is -0.474. The van der Waals surface area contributed by atoms with Crippen molar-refractivity contribution in [2.75, 3.05) is 20.1 Å². The van der Waals surface area contributed by atoms with Crippen molar-refractivity contribution in [2.24, 2.45) is 7.05 Å².